The van der Waals surface area contributed by atoms with Gasteiger partial charge in [-0.2, -0.15) is 0 Å². The van der Waals surface area contributed by atoms with E-state index in [2.05, 4.69) is 11.9 Å². The number of hydrogen-bond acceptors (Lipinski definition) is 3. The fraction of sp³-hybridized carbons (Fsp3) is 0.471. The third-order valence-electron chi connectivity index (χ3n) is 3.36. The smallest absolute Gasteiger partial charge is 0.251 e. The van der Waals surface area contributed by atoms with E-state index < -0.39 is 0 Å². The molecule has 116 valence electrons. The molecule has 4 nitrogen and oxygen atoms in total. The molecule has 0 radical (unpaired) electrons. The average Bonchev–Trinajstić information content (AvgIpc) is 2.53. The second-order valence-electron chi connectivity index (χ2n) is 4.56. The molecule has 0 saturated carbocycles. The Morgan fingerprint density at radius 2 is 1.57 bits per heavy atom. The van der Waals surface area contributed by atoms with Gasteiger partial charge in [-0.25, -0.2) is 0 Å². The summed E-state index contributed by atoms with van der Waals surface area (Å²) in [5.74, 6) is 1.32. The van der Waals surface area contributed by atoms with Gasteiger partial charge in [-0.1, -0.05) is 27.2 Å². The fourth-order valence-electron chi connectivity index (χ4n) is 2.31. The van der Waals surface area contributed by atoms with Crippen molar-refractivity contribution < 1.29 is 9.47 Å². The van der Waals surface area contributed by atoms with Gasteiger partial charge < -0.3 is 14.5 Å². The van der Waals surface area contributed by atoms with Gasteiger partial charge in [0.2, 0.25) is 0 Å². The zero-order valence-electron chi connectivity index (χ0n) is 13.8. The van der Waals surface area contributed by atoms with Gasteiger partial charge in [0.05, 0.1) is 14.2 Å². The van der Waals surface area contributed by atoms with E-state index in [0.717, 1.165) is 29.3 Å². The Hall–Kier alpha value is -1.97. The number of pyridine rings is 1. The number of aryl methyl sites for hydroxylation is 2. The van der Waals surface area contributed by atoms with Crippen LogP contribution >= 0.6 is 0 Å². The van der Waals surface area contributed by atoms with E-state index in [9.17, 15) is 4.79 Å². The van der Waals surface area contributed by atoms with Crippen LogP contribution in [-0.2, 0) is 6.42 Å². The van der Waals surface area contributed by atoms with Crippen LogP contribution < -0.4 is 15.0 Å². The van der Waals surface area contributed by atoms with Gasteiger partial charge in [-0.3, -0.25) is 4.79 Å². The van der Waals surface area contributed by atoms with Crippen molar-refractivity contribution in [3.8, 4) is 11.5 Å². The Morgan fingerprint density at radius 3 is 2.05 bits per heavy atom. The first-order valence-corrected chi connectivity index (χ1v) is 7.39. The summed E-state index contributed by atoms with van der Waals surface area (Å²) in [4.78, 5) is 14.9. The topological polar surface area (TPSA) is 51.3 Å². The Kier molecular flexibility index (Phi) is 6.28. The summed E-state index contributed by atoms with van der Waals surface area (Å²) < 4.78 is 10.6. The predicted octanol–water partition coefficient (Wildman–Crippen LogP) is 3.83. The molecule has 4 heteroatoms. The molecule has 21 heavy (non-hydrogen) atoms. The summed E-state index contributed by atoms with van der Waals surface area (Å²) in [6.45, 7) is 7.91. The monoisotopic (exact) mass is 291 g/mol. The van der Waals surface area contributed by atoms with E-state index in [0.29, 0.717) is 17.1 Å². The number of aromatic amines is 1. The number of aromatic nitrogens is 1. The highest BCUT2D eigenvalue weighted by Gasteiger charge is 2.12. The number of rotatable bonds is 4. The van der Waals surface area contributed by atoms with Crippen LogP contribution in [0.3, 0.4) is 0 Å². The molecule has 0 aliphatic heterocycles. The molecule has 2 rings (SSSR count). The number of ether oxygens (including phenoxy) is 2. The predicted molar refractivity (Wildman–Crippen MR) is 87.8 cm³/mol. The molecule has 1 heterocycles. The number of fused-ring (bicyclic) bond motifs is 1. The van der Waals surface area contributed by atoms with Crippen LogP contribution in [0.1, 0.15) is 38.4 Å². The number of benzene rings is 1. The van der Waals surface area contributed by atoms with Gasteiger partial charge in [0.1, 0.15) is 0 Å². The summed E-state index contributed by atoms with van der Waals surface area (Å²) in [5.41, 5.74) is 1.62. The van der Waals surface area contributed by atoms with E-state index in [4.69, 9.17) is 9.47 Å². The molecule has 1 N–H and O–H groups in total. The van der Waals surface area contributed by atoms with Gasteiger partial charge in [-0.05, 0) is 30.9 Å². The minimum Gasteiger partial charge on any atom is -0.493 e. The molecule has 0 aliphatic rings. The van der Waals surface area contributed by atoms with Crippen molar-refractivity contribution in [2.45, 2.75) is 40.5 Å². The van der Waals surface area contributed by atoms with Gasteiger partial charge in [0, 0.05) is 16.6 Å². The van der Waals surface area contributed by atoms with Crippen molar-refractivity contribution >= 4 is 10.8 Å². The molecule has 0 spiro atoms. The van der Waals surface area contributed by atoms with Crippen LogP contribution in [0, 0.1) is 6.92 Å². The molecule has 0 fully saturated rings. The quantitative estimate of drug-likeness (QED) is 0.931. The largest absolute Gasteiger partial charge is 0.493 e. The van der Waals surface area contributed by atoms with Crippen LogP contribution in [0.4, 0.5) is 0 Å². The SMILES string of the molecule is CC.CCCc1[nH]c(=O)c(C)c2cc(OC)c(OC)cc12. The summed E-state index contributed by atoms with van der Waals surface area (Å²) in [7, 11) is 3.21. The molecular weight excluding hydrogens is 266 g/mol. The summed E-state index contributed by atoms with van der Waals surface area (Å²) in [5, 5.41) is 1.95. The molecule has 2 aromatic rings. The van der Waals surface area contributed by atoms with Crippen LogP contribution in [-0.4, -0.2) is 19.2 Å². The molecule has 0 unspecified atom stereocenters. The minimum atomic E-state index is -0.0387. The number of methoxy groups -OCH3 is 2. The Balaban J connectivity index is 0.00000106. The lowest BCUT2D eigenvalue weighted by molar-refractivity contribution is 0.356. The summed E-state index contributed by atoms with van der Waals surface area (Å²) in [6.07, 6.45) is 1.81. The molecule has 0 amide bonds. The number of hydrogen-bond donors (Lipinski definition) is 1. The number of H-pyrrole nitrogens is 1. The molecule has 0 bridgehead atoms. The first-order chi connectivity index (χ1) is 10.1. The molecular formula is C17H25NO3. The lowest BCUT2D eigenvalue weighted by atomic mass is 10.0. The van der Waals surface area contributed by atoms with Crippen molar-refractivity contribution in [1.29, 1.82) is 0 Å². The molecule has 0 atom stereocenters. The third-order valence-corrected chi connectivity index (χ3v) is 3.36. The first-order valence-electron chi connectivity index (χ1n) is 7.39. The lowest BCUT2D eigenvalue weighted by Gasteiger charge is -2.13. The van der Waals surface area contributed by atoms with Crippen molar-refractivity contribution in [3.05, 3.63) is 33.7 Å². The molecule has 1 aromatic carbocycles. The first kappa shape index (κ1) is 17.1. The zero-order chi connectivity index (χ0) is 16.0. The van der Waals surface area contributed by atoms with Crippen LogP contribution in [0.25, 0.3) is 10.8 Å². The van der Waals surface area contributed by atoms with E-state index in [1.807, 2.05) is 32.9 Å². The highest BCUT2D eigenvalue weighted by atomic mass is 16.5. The maximum Gasteiger partial charge on any atom is 0.251 e. The van der Waals surface area contributed by atoms with Crippen molar-refractivity contribution in [2.24, 2.45) is 0 Å². The third kappa shape index (κ3) is 3.38. The van der Waals surface area contributed by atoms with E-state index in [1.165, 1.54) is 0 Å². The summed E-state index contributed by atoms with van der Waals surface area (Å²) in [6, 6.07) is 3.81. The van der Waals surface area contributed by atoms with Crippen LogP contribution in [0.2, 0.25) is 0 Å². The Bertz CT molecular complexity index is 659. The highest BCUT2D eigenvalue weighted by molar-refractivity contribution is 5.90. The normalized spacial score (nSPS) is 10.0. The van der Waals surface area contributed by atoms with Gasteiger partial charge in [0.25, 0.3) is 5.56 Å². The van der Waals surface area contributed by atoms with E-state index in [-0.39, 0.29) is 5.56 Å². The molecule has 0 saturated heterocycles. The van der Waals surface area contributed by atoms with Gasteiger partial charge in [-0.15, -0.1) is 0 Å². The van der Waals surface area contributed by atoms with Crippen molar-refractivity contribution in [3.63, 3.8) is 0 Å². The van der Waals surface area contributed by atoms with Crippen molar-refractivity contribution in [1.82, 2.24) is 4.98 Å². The lowest BCUT2D eigenvalue weighted by Crippen LogP contribution is -2.13. The average molecular weight is 291 g/mol. The fourth-order valence-corrected chi connectivity index (χ4v) is 2.31. The minimum absolute atomic E-state index is 0.0387. The van der Waals surface area contributed by atoms with Crippen LogP contribution in [0.15, 0.2) is 16.9 Å². The van der Waals surface area contributed by atoms with Crippen molar-refractivity contribution in [2.75, 3.05) is 14.2 Å². The van der Waals surface area contributed by atoms with Gasteiger partial charge >= 0.3 is 0 Å². The maximum atomic E-state index is 12.0. The maximum absolute atomic E-state index is 12.0. The molecule has 0 aliphatic carbocycles. The van der Waals surface area contributed by atoms with Gasteiger partial charge in [0.15, 0.2) is 11.5 Å². The number of nitrogens with one attached hydrogen (secondary N) is 1. The van der Waals surface area contributed by atoms with E-state index in [1.54, 1.807) is 14.2 Å². The zero-order valence-corrected chi connectivity index (χ0v) is 13.8. The standard InChI is InChI=1S/C15H19NO3.C2H6/c1-5-6-12-11-8-14(19-4)13(18-3)7-10(11)9(2)15(17)16-12;1-2/h7-8H,5-6H2,1-4H3,(H,16,17);1-2H3. The second-order valence-corrected chi connectivity index (χ2v) is 4.56. The Morgan fingerprint density at radius 1 is 1.05 bits per heavy atom. The van der Waals surface area contributed by atoms with Crippen LogP contribution in [0.5, 0.6) is 11.5 Å². The second kappa shape index (κ2) is 7.72. The Labute approximate surface area is 126 Å². The summed E-state index contributed by atoms with van der Waals surface area (Å²) >= 11 is 0. The highest BCUT2D eigenvalue weighted by Crippen LogP contribution is 2.33. The molecule has 1 aromatic heterocycles. The van der Waals surface area contributed by atoms with E-state index >= 15 is 0 Å².